The third kappa shape index (κ3) is 2.80. The molecule has 0 amide bonds. The molecule has 0 spiro atoms. The highest BCUT2D eigenvalue weighted by Crippen LogP contribution is 2.13. The van der Waals surface area contributed by atoms with E-state index in [1.165, 1.54) is 0 Å². The molecule has 96 valence electrons. The number of oxime groups is 1. The van der Waals surface area contributed by atoms with Gasteiger partial charge < -0.3 is 15.3 Å². The van der Waals surface area contributed by atoms with Gasteiger partial charge in [-0.25, -0.2) is 4.79 Å². The van der Waals surface area contributed by atoms with E-state index in [1.807, 2.05) is 6.07 Å². The van der Waals surface area contributed by atoms with Crippen LogP contribution in [0.2, 0.25) is 0 Å². The van der Waals surface area contributed by atoms with E-state index < -0.39 is 5.97 Å². The van der Waals surface area contributed by atoms with Gasteiger partial charge in [0.25, 0.3) is 0 Å². The number of hydrogen-bond donors (Lipinski definition) is 2. The van der Waals surface area contributed by atoms with Crippen LogP contribution in [0.5, 0.6) is 0 Å². The van der Waals surface area contributed by atoms with E-state index in [0.29, 0.717) is 5.84 Å². The second-order valence-corrected chi connectivity index (χ2v) is 4.21. The maximum atomic E-state index is 10.9. The predicted molar refractivity (Wildman–Crippen MR) is 67.5 cm³/mol. The Morgan fingerprint density at radius 2 is 2.39 bits per heavy atom. The van der Waals surface area contributed by atoms with Crippen LogP contribution in [0.1, 0.15) is 42.1 Å². The van der Waals surface area contributed by atoms with E-state index in [1.54, 1.807) is 18.2 Å². The lowest BCUT2D eigenvalue weighted by Gasteiger charge is -2.08. The molecule has 1 heterocycles. The van der Waals surface area contributed by atoms with Crippen molar-refractivity contribution in [2.75, 3.05) is 0 Å². The van der Waals surface area contributed by atoms with Gasteiger partial charge in [0.1, 0.15) is 0 Å². The number of amidine groups is 1. The zero-order valence-electron chi connectivity index (χ0n) is 10.2. The lowest BCUT2D eigenvalue weighted by atomic mass is 10.1. The molecule has 0 bridgehead atoms. The Morgan fingerprint density at radius 3 is 3.11 bits per heavy atom. The molecule has 1 atom stereocenters. The Bertz CT molecular complexity index is 471. The number of benzene rings is 1. The van der Waals surface area contributed by atoms with E-state index in [-0.39, 0.29) is 11.8 Å². The third-order valence-corrected chi connectivity index (χ3v) is 2.77. The summed E-state index contributed by atoms with van der Waals surface area (Å²) in [6.07, 6.45) is 2.96. The summed E-state index contributed by atoms with van der Waals surface area (Å²) in [6.45, 7) is 2.12. The van der Waals surface area contributed by atoms with Crippen LogP contribution in [-0.2, 0) is 4.84 Å². The first-order valence-electron chi connectivity index (χ1n) is 6.05. The first-order valence-corrected chi connectivity index (χ1v) is 6.05. The summed E-state index contributed by atoms with van der Waals surface area (Å²) in [5, 5.41) is 16.0. The van der Waals surface area contributed by atoms with E-state index >= 15 is 0 Å². The largest absolute Gasteiger partial charge is 0.478 e. The van der Waals surface area contributed by atoms with Crippen LogP contribution in [0.4, 0.5) is 0 Å². The van der Waals surface area contributed by atoms with Crippen molar-refractivity contribution in [3.8, 4) is 0 Å². The summed E-state index contributed by atoms with van der Waals surface area (Å²) in [7, 11) is 0. The van der Waals surface area contributed by atoms with E-state index in [2.05, 4.69) is 17.4 Å². The lowest BCUT2D eigenvalue weighted by Crippen LogP contribution is -2.29. The molecule has 1 aliphatic heterocycles. The number of rotatable bonds is 5. The highest BCUT2D eigenvalue weighted by Gasteiger charge is 2.20. The van der Waals surface area contributed by atoms with Crippen molar-refractivity contribution in [2.45, 2.75) is 32.4 Å². The molecule has 1 aromatic carbocycles. The first kappa shape index (κ1) is 12.4. The molecule has 0 aliphatic carbocycles. The molecule has 18 heavy (non-hydrogen) atoms. The summed E-state index contributed by atoms with van der Waals surface area (Å²) in [5.74, 6) is -0.349. The number of hydrogen-bond acceptors (Lipinski definition) is 4. The van der Waals surface area contributed by atoms with Gasteiger partial charge in [-0.05, 0) is 18.6 Å². The quantitative estimate of drug-likeness (QED) is 0.837. The number of carbonyl (C=O) groups is 1. The van der Waals surface area contributed by atoms with Crippen molar-refractivity contribution in [2.24, 2.45) is 5.16 Å². The predicted octanol–water partition coefficient (Wildman–Crippen LogP) is 2.18. The number of aromatic carboxylic acids is 1. The summed E-state index contributed by atoms with van der Waals surface area (Å²) >= 11 is 0. The monoisotopic (exact) mass is 248 g/mol. The number of nitrogens with one attached hydrogen (secondary N) is 1. The summed E-state index contributed by atoms with van der Waals surface area (Å²) < 4.78 is 0. The molecule has 5 heteroatoms. The van der Waals surface area contributed by atoms with Crippen LogP contribution in [0.3, 0.4) is 0 Å². The Labute approximate surface area is 105 Å². The number of carboxylic acids is 1. The topological polar surface area (TPSA) is 70.9 Å². The molecule has 2 N–H and O–H groups in total. The molecule has 1 aromatic rings. The zero-order valence-corrected chi connectivity index (χ0v) is 10.2. The standard InChI is InChI=1S/C13H16N2O3/c1-2-3-7-11-14-12(15-18-11)9-5-4-6-10(8-9)13(16)17/h4-6,8,11H,2-3,7H2,1H3,(H,14,15)(H,16,17). The molecule has 0 saturated heterocycles. The molecule has 2 rings (SSSR count). The molecule has 0 fully saturated rings. The fourth-order valence-corrected chi connectivity index (χ4v) is 1.77. The number of carboxylic acid groups (broad SMARTS) is 1. The van der Waals surface area contributed by atoms with Crippen LogP contribution < -0.4 is 5.32 Å². The van der Waals surface area contributed by atoms with Crippen molar-refractivity contribution < 1.29 is 14.7 Å². The fourth-order valence-electron chi connectivity index (χ4n) is 1.77. The molecule has 1 aliphatic rings. The second-order valence-electron chi connectivity index (χ2n) is 4.21. The van der Waals surface area contributed by atoms with Crippen LogP contribution in [0.25, 0.3) is 0 Å². The molecular weight excluding hydrogens is 232 g/mol. The van der Waals surface area contributed by atoms with Gasteiger partial charge in [-0.1, -0.05) is 30.6 Å². The van der Waals surface area contributed by atoms with E-state index in [0.717, 1.165) is 24.8 Å². The minimum absolute atomic E-state index is 0.103. The van der Waals surface area contributed by atoms with Gasteiger partial charge in [0.2, 0.25) is 0 Å². The van der Waals surface area contributed by atoms with Gasteiger partial charge in [-0.3, -0.25) is 0 Å². The lowest BCUT2D eigenvalue weighted by molar-refractivity contribution is 0.0649. The summed E-state index contributed by atoms with van der Waals surface area (Å²) in [4.78, 5) is 16.1. The van der Waals surface area contributed by atoms with Gasteiger partial charge >= 0.3 is 5.97 Å². The smallest absolute Gasteiger partial charge is 0.335 e. The average molecular weight is 248 g/mol. The third-order valence-electron chi connectivity index (χ3n) is 2.77. The van der Waals surface area contributed by atoms with Gasteiger partial charge in [-0.2, -0.15) is 0 Å². The highest BCUT2D eigenvalue weighted by molar-refractivity contribution is 6.01. The second kappa shape index (κ2) is 5.53. The summed E-state index contributed by atoms with van der Waals surface area (Å²) in [6, 6.07) is 6.64. The zero-order chi connectivity index (χ0) is 13.0. The van der Waals surface area contributed by atoms with Crippen molar-refractivity contribution in [3.63, 3.8) is 0 Å². The summed E-state index contributed by atoms with van der Waals surface area (Å²) in [5.41, 5.74) is 0.975. The van der Waals surface area contributed by atoms with E-state index in [9.17, 15) is 4.79 Å². The van der Waals surface area contributed by atoms with Crippen molar-refractivity contribution in [1.82, 2.24) is 5.32 Å². The number of nitrogens with zero attached hydrogens (tertiary/aromatic N) is 1. The average Bonchev–Trinajstić information content (AvgIpc) is 2.85. The van der Waals surface area contributed by atoms with Crippen LogP contribution in [0, 0.1) is 0 Å². The van der Waals surface area contributed by atoms with Crippen molar-refractivity contribution in [3.05, 3.63) is 35.4 Å². The van der Waals surface area contributed by atoms with Gasteiger partial charge in [-0.15, -0.1) is 0 Å². The van der Waals surface area contributed by atoms with Gasteiger partial charge in [0, 0.05) is 12.0 Å². The molecule has 0 saturated carbocycles. The van der Waals surface area contributed by atoms with Gasteiger partial charge in [0.05, 0.1) is 5.56 Å². The number of unbranched alkanes of at least 4 members (excludes halogenated alkanes) is 1. The maximum Gasteiger partial charge on any atom is 0.335 e. The minimum atomic E-state index is -0.945. The Morgan fingerprint density at radius 1 is 1.56 bits per heavy atom. The van der Waals surface area contributed by atoms with Crippen molar-refractivity contribution in [1.29, 1.82) is 0 Å². The SMILES string of the molecule is CCCCC1NC(c2cccc(C(=O)O)c2)=NO1. The van der Waals surface area contributed by atoms with Crippen molar-refractivity contribution >= 4 is 11.8 Å². The molecule has 0 aromatic heterocycles. The highest BCUT2D eigenvalue weighted by atomic mass is 16.7. The Balaban J connectivity index is 2.05. The van der Waals surface area contributed by atoms with Crippen LogP contribution in [0.15, 0.2) is 29.4 Å². The van der Waals surface area contributed by atoms with Crippen LogP contribution in [-0.4, -0.2) is 23.1 Å². The maximum absolute atomic E-state index is 10.9. The first-order chi connectivity index (χ1) is 8.70. The molecular formula is C13H16N2O3. The molecule has 5 nitrogen and oxygen atoms in total. The van der Waals surface area contributed by atoms with Crippen LogP contribution >= 0.6 is 0 Å². The Kier molecular flexibility index (Phi) is 3.82. The molecule has 1 unspecified atom stereocenters. The van der Waals surface area contributed by atoms with E-state index in [4.69, 9.17) is 9.94 Å². The normalized spacial score (nSPS) is 17.8. The Hall–Kier alpha value is -2.04. The minimum Gasteiger partial charge on any atom is -0.478 e. The fraction of sp³-hybridized carbons (Fsp3) is 0.385. The molecule has 0 radical (unpaired) electrons. The van der Waals surface area contributed by atoms with Gasteiger partial charge in [0.15, 0.2) is 12.1 Å².